The van der Waals surface area contributed by atoms with Gasteiger partial charge in [0, 0.05) is 11.1 Å². The number of hydrogen-bond acceptors (Lipinski definition) is 2. The molecule has 0 saturated heterocycles. The molecule has 0 atom stereocenters. The first-order valence-corrected chi connectivity index (χ1v) is 5.54. The number of hydrogen-bond donors (Lipinski definition) is 1. The van der Waals surface area contributed by atoms with Crippen molar-refractivity contribution in [2.24, 2.45) is 0 Å². The maximum Gasteiger partial charge on any atom is 0.352 e. The van der Waals surface area contributed by atoms with Gasteiger partial charge in [-0.1, -0.05) is 17.7 Å². The van der Waals surface area contributed by atoms with Gasteiger partial charge >= 0.3 is 5.97 Å². The minimum absolute atomic E-state index is 0.216. The zero-order valence-corrected chi connectivity index (χ0v) is 9.26. The molecule has 3 nitrogen and oxygen atoms in total. The Balaban J connectivity index is 2.31. The van der Waals surface area contributed by atoms with Gasteiger partial charge in [0.15, 0.2) is 0 Å². The van der Waals surface area contributed by atoms with Crippen LogP contribution in [0, 0.1) is 0 Å². The smallest absolute Gasteiger partial charge is 0.352 e. The Morgan fingerprint density at radius 1 is 1.60 bits per heavy atom. The van der Waals surface area contributed by atoms with Gasteiger partial charge in [0.2, 0.25) is 0 Å². The normalized spacial score (nSPS) is 10.5. The Morgan fingerprint density at radius 3 is 3.00 bits per heavy atom. The zero-order chi connectivity index (χ0) is 10.8. The van der Waals surface area contributed by atoms with Crippen LogP contribution in [0.4, 0.5) is 0 Å². The molecule has 15 heavy (non-hydrogen) atoms. The number of halogens is 1. The van der Waals surface area contributed by atoms with Gasteiger partial charge in [-0.25, -0.2) is 4.79 Å². The van der Waals surface area contributed by atoms with E-state index >= 15 is 0 Å². The van der Waals surface area contributed by atoms with Crippen LogP contribution in [0.5, 0.6) is 0 Å². The molecule has 0 bridgehead atoms. The van der Waals surface area contributed by atoms with E-state index in [1.54, 1.807) is 22.1 Å². The fourth-order valence-corrected chi connectivity index (χ4v) is 2.28. The van der Waals surface area contributed by atoms with E-state index in [1.165, 1.54) is 6.07 Å². The van der Waals surface area contributed by atoms with Crippen LogP contribution in [0.2, 0.25) is 5.02 Å². The molecule has 5 heteroatoms. The van der Waals surface area contributed by atoms with E-state index in [4.69, 9.17) is 16.7 Å². The van der Waals surface area contributed by atoms with E-state index in [0.717, 1.165) is 4.88 Å². The minimum Gasteiger partial charge on any atom is -0.477 e. The topological polar surface area (TPSA) is 42.2 Å². The summed E-state index contributed by atoms with van der Waals surface area (Å²) < 4.78 is 1.64. The maximum atomic E-state index is 10.9. The van der Waals surface area contributed by atoms with E-state index < -0.39 is 5.97 Å². The molecule has 2 rings (SSSR count). The van der Waals surface area contributed by atoms with Crippen molar-refractivity contribution < 1.29 is 9.90 Å². The predicted molar refractivity (Wildman–Crippen MR) is 59.8 cm³/mol. The number of carbonyl (C=O) groups is 1. The molecule has 0 aromatic carbocycles. The zero-order valence-electron chi connectivity index (χ0n) is 7.68. The highest BCUT2D eigenvalue weighted by Gasteiger charge is 2.11. The van der Waals surface area contributed by atoms with Crippen LogP contribution in [0.25, 0.3) is 0 Å². The van der Waals surface area contributed by atoms with Crippen LogP contribution < -0.4 is 0 Å². The van der Waals surface area contributed by atoms with Gasteiger partial charge in [-0.15, -0.1) is 11.3 Å². The molecule has 1 N–H and O–H groups in total. The van der Waals surface area contributed by atoms with Crippen LogP contribution in [-0.4, -0.2) is 15.6 Å². The van der Waals surface area contributed by atoms with Crippen molar-refractivity contribution >= 4 is 28.9 Å². The molecule has 0 fully saturated rings. The van der Waals surface area contributed by atoms with E-state index in [2.05, 4.69) is 0 Å². The fraction of sp³-hybridized carbons (Fsp3) is 0.100. The van der Waals surface area contributed by atoms with Gasteiger partial charge in [-0.3, -0.25) is 0 Å². The monoisotopic (exact) mass is 241 g/mol. The van der Waals surface area contributed by atoms with Gasteiger partial charge in [-0.2, -0.15) is 0 Å². The van der Waals surface area contributed by atoms with E-state index in [0.29, 0.717) is 11.6 Å². The van der Waals surface area contributed by atoms with E-state index in [1.807, 2.05) is 17.5 Å². The minimum atomic E-state index is -0.960. The Hall–Kier alpha value is -1.26. The Kier molecular flexibility index (Phi) is 2.79. The summed E-state index contributed by atoms with van der Waals surface area (Å²) >= 11 is 7.36. The summed E-state index contributed by atoms with van der Waals surface area (Å²) in [5.74, 6) is -0.960. The van der Waals surface area contributed by atoms with Crippen LogP contribution in [0.1, 0.15) is 15.4 Å². The average Bonchev–Trinajstić information content (AvgIpc) is 2.75. The molecule has 0 aliphatic heterocycles. The lowest BCUT2D eigenvalue weighted by atomic mass is 10.4. The van der Waals surface area contributed by atoms with Crippen molar-refractivity contribution in [2.45, 2.75) is 6.54 Å². The van der Waals surface area contributed by atoms with Crippen LogP contribution in [0.15, 0.2) is 29.8 Å². The van der Waals surface area contributed by atoms with Crippen molar-refractivity contribution in [3.63, 3.8) is 0 Å². The second-order valence-corrected chi connectivity index (χ2v) is 4.52. The fourth-order valence-electron chi connectivity index (χ4n) is 1.36. The molecule has 0 radical (unpaired) electrons. The Bertz CT molecular complexity index is 476. The highest BCUT2D eigenvalue weighted by Crippen LogP contribution is 2.18. The van der Waals surface area contributed by atoms with E-state index in [-0.39, 0.29) is 5.69 Å². The summed E-state index contributed by atoms with van der Waals surface area (Å²) in [6, 6.07) is 5.35. The van der Waals surface area contributed by atoms with Crippen molar-refractivity contribution in [3.05, 3.63) is 45.4 Å². The number of aromatic carboxylic acids is 1. The van der Waals surface area contributed by atoms with Crippen LogP contribution in [-0.2, 0) is 6.54 Å². The highest BCUT2D eigenvalue weighted by atomic mass is 35.5. The summed E-state index contributed by atoms with van der Waals surface area (Å²) in [6.07, 6.45) is 1.63. The third-order valence-electron chi connectivity index (χ3n) is 1.99. The maximum absolute atomic E-state index is 10.9. The van der Waals surface area contributed by atoms with Gasteiger partial charge in [-0.05, 0) is 17.5 Å². The predicted octanol–water partition coefficient (Wildman–Crippen LogP) is 2.95. The second kappa shape index (κ2) is 4.08. The standard InChI is InChI=1S/C10H8ClNO2S/c11-7-4-9(10(13)14)12(5-7)6-8-2-1-3-15-8/h1-5H,6H2,(H,13,14). The molecule has 2 aromatic rings. The molecule has 0 spiro atoms. The number of carboxylic acids is 1. The molecule has 0 saturated carbocycles. The van der Waals surface area contributed by atoms with Gasteiger partial charge in [0.05, 0.1) is 11.6 Å². The number of rotatable bonds is 3. The molecule has 0 amide bonds. The Morgan fingerprint density at radius 2 is 2.40 bits per heavy atom. The average molecular weight is 242 g/mol. The summed E-state index contributed by atoms with van der Waals surface area (Å²) in [5.41, 5.74) is 0.216. The second-order valence-electron chi connectivity index (χ2n) is 3.06. The quantitative estimate of drug-likeness (QED) is 0.898. The molecule has 2 aromatic heterocycles. The molecule has 78 valence electrons. The molecular formula is C10H8ClNO2S. The first kappa shape index (κ1) is 10.3. The number of aromatic nitrogens is 1. The lowest BCUT2D eigenvalue weighted by Gasteiger charge is -2.03. The first-order valence-electron chi connectivity index (χ1n) is 4.28. The van der Waals surface area contributed by atoms with E-state index in [9.17, 15) is 4.79 Å². The number of nitrogens with zero attached hydrogens (tertiary/aromatic N) is 1. The van der Waals surface area contributed by atoms with Crippen molar-refractivity contribution in [1.82, 2.24) is 4.57 Å². The number of thiophene rings is 1. The third kappa shape index (κ3) is 2.22. The van der Waals surface area contributed by atoms with Gasteiger partial charge < -0.3 is 9.67 Å². The summed E-state index contributed by atoms with van der Waals surface area (Å²) in [7, 11) is 0. The third-order valence-corrected chi connectivity index (χ3v) is 3.06. The Labute approximate surface area is 95.5 Å². The van der Waals surface area contributed by atoms with Gasteiger partial charge in [0.25, 0.3) is 0 Å². The summed E-state index contributed by atoms with van der Waals surface area (Å²) in [6.45, 7) is 0.548. The first-order chi connectivity index (χ1) is 7.16. The SMILES string of the molecule is O=C(O)c1cc(Cl)cn1Cc1cccs1. The molecule has 0 aliphatic carbocycles. The van der Waals surface area contributed by atoms with Crippen LogP contribution >= 0.6 is 22.9 Å². The van der Waals surface area contributed by atoms with Crippen molar-refractivity contribution in [1.29, 1.82) is 0 Å². The molecule has 0 unspecified atom stereocenters. The lowest BCUT2D eigenvalue weighted by molar-refractivity contribution is 0.0686. The largest absolute Gasteiger partial charge is 0.477 e. The van der Waals surface area contributed by atoms with Crippen molar-refractivity contribution in [3.8, 4) is 0 Å². The molecular weight excluding hydrogens is 234 g/mol. The summed E-state index contributed by atoms with van der Waals surface area (Å²) in [5, 5.41) is 11.3. The molecule has 0 aliphatic rings. The molecule has 2 heterocycles. The number of carboxylic acid groups (broad SMARTS) is 1. The highest BCUT2D eigenvalue weighted by molar-refractivity contribution is 7.09. The van der Waals surface area contributed by atoms with Gasteiger partial charge in [0.1, 0.15) is 5.69 Å². The van der Waals surface area contributed by atoms with Crippen molar-refractivity contribution in [2.75, 3.05) is 0 Å². The van der Waals surface area contributed by atoms with Crippen LogP contribution in [0.3, 0.4) is 0 Å². The summed E-state index contributed by atoms with van der Waals surface area (Å²) in [4.78, 5) is 12.0. The lowest BCUT2D eigenvalue weighted by Crippen LogP contribution is -2.07.